The number of phenolic OH excluding ortho intramolecular Hbond substituents is 1. The van der Waals surface area contributed by atoms with Gasteiger partial charge in [0.15, 0.2) is 5.82 Å². The molecule has 4 saturated carbocycles. The number of H-pyrrole nitrogens is 1. The highest BCUT2D eigenvalue weighted by molar-refractivity contribution is 5.86. The quantitative estimate of drug-likeness (QED) is 0.149. The normalized spacial score (nSPS) is 24.9. The molecule has 10 nitrogen and oxygen atoms in total. The minimum atomic E-state index is -1.30. The van der Waals surface area contributed by atoms with Crippen molar-refractivity contribution in [3.05, 3.63) is 76.6 Å². The number of aromatic amines is 1. The fourth-order valence-corrected chi connectivity index (χ4v) is 9.17. The number of aromatic nitrogens is 3. The maximum absolute atomic E-state index is 13.9. The predicted molar refractivity (Wildman–Crippen MR) is 168 cm³/mol. The van der Waals surface area contributed by atoms with Gasteiger partial charge in [0.25, 0.3) is 0 Å². The van der Waals surface area contributed by atoms with E-state index in [1.807, 2.05) is 44.3 Å². The van der Waals surface area contributed by atoms with Crippen molar-refractivity contribution in [1.29, 1.82) is 0 Å². The Morgan fingerprint density at radius 3 is 2.36 bits per heavy atom. The zero-order valence-corrected chi connectivity index (χ0v) is 25.8. The molecule has 2 amide bonds. The van der Waals surface area contributed by atoms with Gasteiger partial charge in [-0.2, -0.15) is 4.98 Å². The van der Waals surface area contributed by atoms with Crippen molar-refractivity contribution >= 4 is 22.9 Å². The van der Waals surface area contributed by atoms with Crippen molar-refractivity contribution in [3.63, 3.8) is 0 Å². The average molecular weight is 612 g/mol. The van der Waals surface area contributed by atoms with E-state index >= 15 is 0 Å². The molecular weight excluding hydrogens is 570 g/mol. The van der Waals surface area contributed by atoms with Crippen LogP contribution in [-0.4, -0.2) is 43.4 Å². The minimum absolute atomic E-state index is 0.122. The summed E-state index contributed by atoms with van der Waals surface area (Å²) >= 11 is 0. The zero-order chi connectivity index (χ0) is 31.3. The third-order valence-electron chi connectivity index (χ3n) is 10.6. The van der Waals surface area contributed by atoms with Crippen molar-refractivity contribution < 1.29 is 24.3 Å². The summed E-state index contributed by atoms with van der Waals surface area (Å²) in [7, 11) is 0. The highest BCUT2D eigenvalue weighted by Gasteiger charge is 2.51. The van der Waals surface area contributed by atoms with E-state index in [1.165, 1.54) is 38.5 Å². The minimum Gasteiger partial charge on any atom is -0.508 e. The maximum atomic E-state index is 13.9. The number of fused-ring (bicyclic) bond motifs is 1. The number of nitrogens with one attached hydrogen (secondary N) is 3. The number of nitrogens with zero attached hydrogens (tertiary/aromatic N) is 2. The van der Waals surface area contributed by atoms with E-state index in [2.05, 4.69) is 20.8 Å². The van der Waals surface area contributed by atoms with E-state index in [9.17, 15) is 19.8 Å². The lowest BCUT2D eigenvalue weighted by Gasteiger charge is -2.56. The molecule has 4 bridgehead atoms. The number of aromatic hydroxyl groups is 1. The molecule has 4 aromatic rings. The third-order valence-corrected chi connectivity index (χ3v) is 10.6. The first kappa shape index (κ1) is 29.4. The van der Waals surface area contributed by atoms with E-state index in [1.54, 1.807) is 12.1 Å². The van der Waals surface area contributed by atoms with Gasteiger partial charge in [-0.3, -0.25) is 4.79 Å². The summed E-state index contributed by atoms with van der Waals surface area (Å²) in [6.07, 6.45) is 9.71. The summed E-state index contributed by atoms with van der Waals surface area (Å²) in [6, 6.07) is 9.43. The second-order valence-corrected chi connectivity index (χ2v) is 14.0. The standard InChI is InChI=1S/C35H41N5O5/c1-19-7-25(41)8-20(2)27(19)13-29(38-34(43)44)32(42)37-30(12-24-18-36-28-6-4-3-5-26(24)28)33-39-31(40-45-33)17-35-14-21-9-22(15-35)11-23(10-21)16-35/h3-8,18,21-23,29-30,36,38,41H,9-17H2,1-2H3,(H,37,42)(H,43,44)/t21?,22?,23?,29-,30-,35?/m0/s1. The number of hydrogen-bond acceptors (Lipinski definition) is 6. The Morgan fingerprint density at radius 2 is 1.69 bits per heavy atom. The van der Waals surface area contributed by atoms with Gasteiger partial charge < -0.3 is 30.4 Å². The van der Waals surface area contributed by atoms with Crippen LogP contribution in [0.2, 0.25) is 0 Å². The van der Waals surface area contributed by atoms with Gasteiger partial charge in [0, 0.05) is 36.4 Å². The van der Waals surface area contributed by atoms with Crippen LogP contribution in [0.1, 0.15) is 78.5 Å². The topological polar surface area (TPSA) is 153 Å². The monoisotopic (exact) mass is 611 g/mol. The molecular formula is C35H41N5O5. The molecule has 45 heavy (non-hydrogen) atoms. The van der Waals surface area contributed by atoms with Crippen LogP contribution >= 0.6 is 0 Å². The Bertz CT molecular complexity index is 1680. The molecule has 0 radical (unpaired) electrons. The van der Waals surface area contributed by atoms with Crippen molar-refractivity contribution in [1.82, 2.24) is 25.8 Å². The molecule has 0 aliphatic heterocycles. The number of para-hydroxylation sites is 1. The molecule has 10 heteroatoms. The van der Waals surface area contributed by atoms with Gasteiger partial charge in [-0.1, -0.05) is 23.4 Å². The van der Waals surface area contributed by atoms with Gasteiger partial charge in [0.2, 0.25) is 11.8 Å². The fraction of sp³-hybridized carbons (Fsp3) is 0.486. The lowest BCUT2D eigenvalue weighted by atomic mass is 9.49. The molecule has 5 N–H and O–H groups in total. The van der Waals surface area contributed by atoms with Crippen LogP contribution in [0.5, 0.6) is 5.75 Å². The van der Waals surface area contributed by atoms with Crippen molar-refractivity contribution in [2.75, 3.05) is 0 Å². The molecule has 8 rings (SSSR count). The van der Waals surface area contributed by atoms with Gasteiger partial charge in [-0.25, -0.2) is 4.79 Å². The van der Waals surface area contributed by atoms with Crippen molar-refractivity contribution in [2.24, 2.45) is 23.2 Å². The second-order valence-electron chi connectivity index (χ2n) is 14.0. The van der Waals surface area contributed by atoms with E-state index in [4.69, 9.17) is 9.51 Å². The Morgan fingerprint density at radius 1 is 1.02 bits per heavy atom. The van der Waals surface area contributed by atoms with Gasteiger partial charge >= 0.3 is 6.09 Å². The number of hydrogen-bond donors (Lipinski definition) is 5. The maximum Gasteiger partial charge on any atom is 0.405 e. The van der Waals surface area contributed by atoms with E-state index in [0.717, 1.165) is 57.3 Å². The van der Waals surface area contributed by atoms with Gasteiger partial charge in [-0.05, 0) is 116 Å². The molecule has 0 unspecified atom stereocenters. The number of carbonyl (C=O) groups excluding carboxylic acids is 1. The number of carboxylic acid groups (broad SMARTS) is 1. The first-order valence-electron chi connectivity index (χ1n) is 16.1. The first-order valence-corrected chi connectivity index (χ1v) is 16.1. The van der Waals surface area contributed by atoms with E-state index in [0.29, 0.717) is 18.1 Å². The summed E-state index contributed by atoms with van der Waals surface area (Å²) < 4.78 is 5.88. The zero-order valence-electron chi connectivity index (χ0n) is 25.8. The Hall–Kier alpha value is -4.34. The van der Waals surface area contributed by atoms with Crippen LogP contribution in [0.4, 0.5) is 4.79 Å². The van der Waals surface area contributed by atoms with Crippen LogP contribution in [0.25, 0.3) is 10.9 Å². The molecule has 2 aromatic carbocycles. The summed E-state index contributed by atoms with van der Waals surface area (Å²) in [6.45, 7) is 3.67. The summed E-state index contributed by atoms with van der Waals surface area (Å²) in [4.78, 5) is 33.9. The number of carbonyl (C=O) groups is 2. The molecule has 0 spiro atoms. The summed E-state index contributed by atoms with van der Waals surface area (Å²) in [5.41, 5.74) is 4.55. The van der Waals surface area contributed by atoms with Gasteiger partial charge in [0.1, 0.15) is 17.8 Å². The average Bonchev–Trinajstić information content (AvgIpc) is 3.59. The largest absolute Gasteiger partial charge is 0.508 e. The van der Waals surface area contributed by atoms with Crippen molar-refractivity contribution in [3.8, 4) is 5.75 Å². The molecule has 2 heterocycles. The number of amides is 2. The highest BCUT2D eigenvalue weighted by atomic mass is 16.5. The van der Waals surface area contributed by atoms with Gasteiger partial charge in [-0.15, -0.1) is 0 Å². The van der Waals surface area contributed by atoms with Crippen LogP contribution < -0.4 is 10.6 Å². The Balaban J connectivity index is 1.16. The number of phenols is 1. The summed E-state index contributed by atoms with van der Waals surface area (Å²) in [5, 5.41) is 30.6. The molecule has 4 aliphatic rings. The molecule has 236 valence electrons. The molecule has 2 aromatic heterocycles. The van der Waals surface area contributed by atoms with E-state index in [-0.39, 0.29) is 17.6 Å². The summed E-state index contributed by atoms with van der Waals surface area (Å²) in [5.74, 6) is 3.08. The SMILES string of the molecule is Cc1cc(O)cc(C)c1C[C@H](NC(=O)O)C(=O)N[C@@H](Cc1c[nH]c2ccccc12)c1nc(CC23CC4CC(CC(C4)C2)C3)no1. The van der Waals surface area contributed by atoms with E-state index < -0.39 is 24.1 Å². The first-order chi connectivity index (χ1) is 21.6. The van der Waals surface area contributed by atoms with Crippen LogP contribution in [0.15, 0.2) is 47.1 Å². The van der Waals surface area contributed by atoms with Crippen LogP contribution in [-0.2, 0) is 24.1 Å². The smallest absolute Gasteiger partial charge is 0.405 e. The van der Waals surface area contributed by atoms with Crippen LogP contribution in [0, 0.1) is 37.0 Å². The Labute approximate surface area is 262 Å². The lowest BCUT2D eigenvalue weighted by Crippen LogP contribution is -2.49. The number of benzene rings is 2. The molecule has 0 saturated heterocycles. The third kappa shape index (κ3) is 6.02. The number of aryl methyl sites for hydroxylation is 2. The Kier molecular flexibility index (Phi) is 7.54. The lowest BCUT2D eigenvalue weighted by molar-refractivity contribution is -0.124. The second kappa shape index (κ2) is 11.5. The fourth-order valence-electron chi connectivity index (χ4n) is 9.17. The predicted octanol–water partition coefficient (Wildman–Crippen LogP) is 5.91. The van der Waals surface area contributed by atoms with Crippen molar-refractivity contribution in [2.45, 2.75) is 83.7 Å². The highest BCUT2D eigenvalue weighted by Crippen LogP contribution is 2.60. The molecule has 4 fully saturated rings. The number of rotatable bonds is 10. The molecule has 2 atom stereocenters. The molecule has 4 aliphatic carbocycles. The van der Waals surface area contributed by atoms with Crippen LogP contribution in [0.3, 0.4) is 0 Å². The van der Waals surface area contributed by atoms with Gasteiger partial charge in [0.05, 0.1) is 0 Å².